The lowest BCUT2D eigenvalue weighted by atomic mass is 10.0. The number of ether oxygens (including phenoxy) is 1. The molecule has 0 spiro atoms. The molecular formula is C7H12BrFO. The van der Waals surface area contributed by atoms with Gasteiger partial charge in [0, 0.05) is 5.92 Å². The summed E-state index contributed by atoms with van der Waals surface area (Å²) in [4.78, 5) is 0. The fraction of sp³-hybridized carbons (Fsp3) is 1.00. The molecule has 4 atom stereocenters. The van der Waals surface area contributed by atoms with Crippen LogP contribution in [0, 0.1) is 5.92 Å². The van der Waals surface area contributed by atoms with Crippen LogP contribution in [-0.4, -0.2) is 17.3 Å². The summed E-state index contributed by atoms with van der Waals surface area (Å²) in [5.41, 5.74) is 0. The lowest BCUT2D eigenvalue weighted by molar-refractivity contribution is 0.0750. The monoisotopic (exact) mass is 210 g/mol. The predicted octanol–water partition coefficient (Wildman–Crippen LogP) is 2.49. The van der Waals surface area contributed by atoms with Crippen molar-refractivity contribution in [2.45, 2.75) is 37.6 Å². The van der Waals surface area contributed by atoms with Crippen LogP contribution in [0.15, 0.2) is 0 Å². The summed E-state index contributed by atoms with van der Waals surface area (Å²) in [5.74, 6) is 0.0365. The molecule has 1 heterocycles. The van der Waals surface area contributed by atoms with E-state index >= 15 is 0 Å². The fourth-order valence-corrected chi connectivity index (χ4v) is 2.04. The van der Waals surface area contributed by atoms with Gasteiger partial charge in [-0.05, 0) is 6.42 Å². The van der Waals surface area contributed by atoms with Crippen molar-refractivity contribution in [3.05, 3.63) is 0 Å². The zero-order valence-corrected chi connectivity index (χ0v) is 7.77. The molecule has 1 nitrogen and oxygen atoms in total. The molecular weight excluding hydrogens is 199 g/mol. The highest BCUT2D eigenvalue weighted by atomic mass is 79.9. The van der Waals surface area contributed by atoms with E-state index in [1.165, 1.54) is 0 Å². The molecule has 0 aromatic heterocycles. The molecule has 0 amide bonds. The standard InChI is InChI=1S/C7H12BrFO/c1-3-5-4(2)6(9)7(8)10-5/h4-7H,3H2,1-2H3/t4?,5-,6+,7-/m1/s1. The Bertz CT molecular complexity index is 120. The van der Waals surface area contributed by atoms with Crippen LogP contribution in [0.2, 0.25) is 0 Å². The summed E-state index contributed by atoms with van der Waals surface area (Å²) in [6, 6.07) is 0. The quantitative estimate of drug-likeness (QED) is 0.605. The lowest BCUT2D eigenvalue weighted by Crippen LogP contribution is -2.17. The largest absolute Gasteiger partial charge is 0.360 e. The maximum atomic E-state index is 13.0. The van der Waals surface area contributed by atoms with Gasteiger partial charge >= 0.3 is 0 Å². The van der Waals surface area contributed by atoms with Crippen molar-refractivity contribution in [3.8, 4) is 0 Å². The molecule has 3 heteroatoms. The van der Waals surface area contributed by atoms with E-state index in [0.29, 0.717) is 0 Å². The molecule has 1 fully saturated rings. The van der Waals surface area contributed by atoms with Gasteiger partial charge in [-0.15, -0.1) is 0 Å². The Kier molecular flexibility index (Phi) is 2.69. The summed E-state index contributed by atoms with van der Waals surface area (Å²) < 4.78 is 18.3. The van der Waals surface area contributed by atoms with E-state index < -0.39 is 6.17 Å². The first-order valence-electron chi connectivity index (χ1n) is 3.60. The van der Waals surface area contributed by atoms with Crippen molar-refractivity contribution in [3.63, 3.8) is 0 Å². The van der Waals surface area contributed by atoms with Gasteiger partial charge in [0.15, 0.2) is 0 Å². The lowest BCUT2D eigenvalue weighted by Gasteiger charge is -2.10. The highest BCUT2D eigenvalue weighted by Gasteiger charge is 2.39. The molecule has 0 bridgehead atoms. The molecule has 0 aliphatic carbocycles. The van der Waals surface area contributed by atoms with Crippen molar-refractivity contribution in [2.24, 2.45) is 5.92 Å². The minimum absolute atomic E-state index is 0.0365. The first-order valence-corrected chi connectivity index (χ1v) is 4.52. The number of halogens is 2. The summed E-state index contributed by atoms with van der Waals surface area (Å²) in [5, 5.41) is -0.382. The van der Waals surface area contributed by atoms with Gasteiger partial charge < -0.3 is 4.74 Å². The maximum absolute atomic E-state index is 13.0. The number of hydrogen-bond acceptors (Lipinski definition) is 1. The second kappa shape index (κ2) is 3.18. The summed E-state index contributed by atoms with van der Waals surface area (Å²) >= 11 is 3.13. The minimum Gasteiger partial charge on any atom is -0.360 e. The number of alkyl halides is 2. The molecule has 0 radical (unpaired) electrons. The van der Waals surface area contributed by atoms with Gasteiger partial charge in [0.25, 0.3) is 0 Å². The Morgan fingerprint density at radius 3 is 2.40 bits per heavy atom. The molecule has 1 rings (SSSR count). The average molecular weight is 211 g/mol. The van der Waals surface area contributed by atoms with Crippen LogP contribution in [0.3, 0.4) is 0 Å². The van der Waals surface area contributed by atoms with E-state index in [0.717, 1.165) is 6.42 Å². The fourth-order valence-electron chi connectivity index (χ4n) is 1.28. The third-order valence-electron chi connectivity index (χ3n) is 2.05. The van der Waals surface area contributed by atoms with Crippen LogP contribution in [0.25, 0.3) is 0 Å². The van der Waals surface area contributed by atoms with Crippen LogP contribution in [-0.2, 0) is 4.74 Å². The molecule has 10 heavy (non-hydrogen) atoms. The normalized spacial score (nSPS) is 48.0. The highest BCUT2D eigenvalue weighted by Crippen LogP contribution is 2.33. The molecule has 1 unspecified atom stereocenters. The molecule has 1 saturated heterocycles. The summed E-state index contributed by atoms with van der Waals surface area (Å²) in [6.07, 6.45) is 0.147. The third-order valence-corrected chi connectivity index (χ3v) is 2.77. The first kappa shape index (κ1) is 8.47. The molecule has 60 valence electrons. The number of rotatable bonds is 1. The van der Waals surface area contributed by atoms with Gasteiger partial charge in [0.2, 0.25) is 0 Å². The smallest absolute Gasteiger partial charge is 0.144 e. The van der Waals surface area contributed by atoms with E-state index in [1.807, 2.05) is 13.8 Å². The molecule has 1 aliphatic rings. The first-order chi connectivity index (χ1) is 4.66. The molecule has 0 aromatic carbocycles. The highest BCUT2D eigenvalue weighted by molar-refractivity contribution is 9.09. The molecule has 0 aromatic rings. The van der Waals surface area contributed by atoms with Crippen molar-refractivity contribution >= 4 is 15.9 Å². The Hall–Kier alpha value is 0.370. The summed E-state index contributed by atoms with van der Waals surface area (Å²) in [6.45, 7) is 3.90. The molecule has 1 aliphatic heterocycles. The topological polar surface area (TPSA) is 9.23 Å². The predicted molar refractivity (Wildman–Crippen MR) is 41.9 cm³/mol. The van der Waals surface area contributed by atoms with E-state index in [1.54, 1.807) is 0 Å². The zero-order valence-electron chi connectivity index (χ0n) is 6.18. The van der Waals surface area contributed by atoms with E-state index in [2.05, 4.69) is 15.9 Å². The molecule has 0 N–H and O–H groups in total. The average Bonchev–Trinajstić information content (AvgIpc) is 2.17. The Morgan fingerprint density at radius 2 is 2.20 bits per heavy atom. The Morgan fingerprint density at radius 1 is 1.60 bits per heavy atom. The summed E-state index contributed by atoms with van der Waals surface area (Å²) in [7, 11) is 0. The van der Waals surface area contributed by atoms with E-state index in [-0.39, 0.29) is 17.0 Å². The van der Waals surface area contributed by atoms with Gasteiger partial charge in [-0.3, -0.25) is 0 Å². The second-order valence-corrected chi connectivity index (χ2v) is 3.64. The van der Waals surface area contributed by atoms with Gasteiger partial charge in [0.05, 0.1) is 6.10 Å². The van der Waals surface area contributed by atoms with Crippen molar-refractivity contribution in [1.29, 1.82) is 0 Å². The maximum Gasteiger partial charge on any atom is 0.144 e. The third kappa shape index (κ3) is 1.35. The van der Waals surface area contributed by atoms with Gasteiger partial charge in [0.1, 0.15) is 11.2 Å². The van der Waals surface area contributed by atoms with E-state index in [9.17, 15) is 4.39 Å². The van der Waals surface area contributed by atoms with Crippen molar-refractivity contribution in [2.75, 3.05) is 0 Å². The van der Waals surface area contributed by atoms with Crippen molar-refractivity contribution in [1.82, 2.24) is 0 Å². The van der Waals surface area contributed by atoms with Gasteiger partial charge in [-0.1, -0.05) is 29.8 Å². The van der Waals surface area contributed by atoms with Gasteiger partial charge in [-0.2, -0.15) is 0 Å². The Balaban J connectivity index is 2.53. The van der Waals surface area contributed by atoms with Crippen LogP contribution in [0.4, 0.5) is 4.39 Å². The molecule has 0 saturated carbocycles. The second-order valence-electron chi connectivity index (χ2n) is 2.74. The van der Waals surface area contributed by atoms with E-state index in [4.69, 9.17) is 4.74 Å². The Labute approximate surface area is 69.1 Å². The van der Waals surface area contributed by atoms with Crippen LogP contribution < -0.4 is 0 Å². The van der Waals surface area contributed by atoms with Crippen molar-refractivity contribution < 1.29 is 9.13 Å². The van der Waals surface area contributed by atoms with Crippen LogP contribution in [0.5, 0.6) is 0 Å². The zero-order chi connectivity index (χ0) is 7.72. The van der Waals surface area contributed by atoms with Gasteiger partial charge in [-0.25, -0.2) is 4.39 Å². The number of hydrogen-bond donors (Lipinski definition) is 0. The van der Waals surface area contributed by atoms with Crippen LogP contribution >= 0.6 is 15.9 Å². The minimum atomic E-state index is -0.843. The SMILES string of the molecule is CC[C@H]1O[C@@H](Br)[C@@H](F)C1C. The van der Waals surface area contributed by atoms with Crippen LogP contribution in [0.1, 0.15) is 20.3 Å².